The van der Waals surface area contributed by atoms with Gasteiger partial charge in [0.15, 0.2) is 0 Å². The van der Waals surface area contributed by atoms with E-state index in [4.69, 9.17) is 0 Å². The maximum atomic E-state index is 3.80. The lowest BCUT2D eigenvalue weighted by molar-refractivity contribution is 0.816. The van der Waals surface area contributed by atoms with Crippen molar-refractivity contribution in [3.63, 3.8) is 0 Å². The van der Waals surface area contributed by atoms with E-state index in [1.807, 2.05) is 12.2 Å². The Labute approximate surface area is 63.3 Å². The third kappa shape index (κ3) is 3.08. The quantitative estimate of drug-likeness (QED) is 0.400. The largest absolute Gasteiger partial charge is 0.102 e. The van der Waals surface area contributed by atoms with Gasteiger partial charge in [-0.05, 0) is 12.3 Å². The van der Waals surface area contributed by atoms with E-state index in [2.05, 4.69) is 26.3 Å². The third-order valence-corrected chi connectivity index (χ3v) is 1.39. The molecule has 0 spiro atoms. The average molecular weight is 134 g/mol. The van der Waals surface area contributed by atoms with E-state index in [1.165, 1.54) is 0 Å². The Kier molecular flexibility index (Phi) is 4.30. The molecule has 0 aliphatic rings. The van der Waals surface area contributed by atoms with Crippen molar-refractivity contribution in [3.8, 4) is 0 Å². The zero-order chi connectivity index (χ0) is 7.98. The van der Waals surface area contributed by atoms with Crippen LogP contribution in [0.3, 0.4) is 0 Å². The van der Waals surface area contributed by atoms with Crippen LogP contribution in [-0.2, 0) is 0 Å². The molecule has 0 rings (SSSR count). The highest BCUT2D eigenvalue weighted by Crippen LogP contribution is 2.12. The molecule has 0 aromatic heterocycles. The van der Waals surface area contributed by atoms with Crippen LogP contribution in [0.4, 0.5) is 0 Å². The highest BCUT2D eigenvalue weighted by atomic mass is 14.0. The number of allylic oxidation sites excluding steroid dienone is 4. The highest BCUT2D eigenvalue weighted by molar-refractivity contribution is 5.14. The first-order chi connectivity index (χ1) is 4.74. The van der Waals surface area contributed by atoms with Crippen LogP contribution in [-0.4, -0.2) is 0 Å². The van der Waals surface area contributed by atoms with Crippen molar-refractivity contribution in [2.24, 2.45) is 5.92 Å². The lowest BCUT2D eigenvalue weighted by Gasteiger charge is -2.04. The van der Waals surface area contributed by atoms with E-state index < -0.39 is 0 Å². The van der Waals surface area contributed by atoms with E-state index in [0.29, 0.717) is 5.92 Å². The Morgan fingerprint density at radius 3 is 2.00 bits per heavy atom. The summed E-state index contributed by atoms with van der Waals surface area (Å²) in [4.78, 5) is 0. The topological polar surface area (TPSA) is 0 Å². The fourth-order valence-corrected chi connectivity index (χ4v) is 0.649. The van der Waals surface area contributed by atoms with Gasteiger partial charge in [-0.25, -0.2) is 0 Å². The predicted molar refractivity (Wildman–Crippen MR) is 47.8 cm³/mol. The normalized spacial score (nSPS) is 8.90. The molecular formula is C10H14. The van der Waals surface area contributed by atoms with Crippen molar-refractivity contribution in [2.45, 2.75) is 6.42 Å². The molecule has 0 radical (unpaired) electrons. The summed E-state index contributed by atoms with van der Waals surface area (Å²) in [5.41, 5.74) is 1.03. The summed E-state index contributed by atoms with van der Waals surface area (Å²) >= 11 is 0. The fourth-order valence-electron chi connectivity index (χ4n) is 0.649. The van der Waals surface area contributed by atoms with Gasteiger partial charge in [-0.15, -0.1) is 13.2 Å². The molecule has 0 bridgehead atoms. The molecule has 0 unspecified atom stereocenters. The fraction of sp³-hybridized carbons (Fsp3) is 0.200. The molecule has 0 atom stereocenters. The molecule has 0 fully saturated rings. The first kappa shape index (κ1) is 8.96. The van der Waals surface area contributed by atoms with Gasteiger partial charge in [0, 0.05) is 0 Å². The van der Waals surface area contributed by atoms with Crippen LogP contribution in [0, 0.1) is 5.92 Å². The van der Waals surface area contributed by atoms with Gasteiger partial charge in [0.2, 0.25) is 0 Å². The Hall–Kier alpha value is -1.04. The summed E-state index contributed by atoms with van der Waals surface area (Å²) in [5.74, 6) is 0.338. The van der Waals surface area contributed by atoms with Gasteiger partial charge in [-0.1, -0.05) is 37.0 Å². The molecule has 0 N–H and O–H groups in total. The van der Waals surface area contributed by atoms with Crippen molar-refractivity contribution in [1.29, 1.82) is 0 Å². The minimum atomic E-state index is 0.338. The maximum absolute atomic E-state index is 3.80. The molecular weight excluding hydrogens is 120 g/mol. The van der Waals surface area contributed by atoms with Crippen molar-refractivity contribution in [2.75, 3.05) is 0 Å². The molecule has 0 heterocycles. The van der Waals surface area contributed by atoms with Crippen LogP contribution >= 0.6 is 0 Å². The van der Waals surface area contributed by atoms with Gasteiger partial charge < -0.3 is 0 Å². The second kappa shape index (κ2) is 4.80. The van der Waals surface area contributed by atoms with Crippen LogP contribution in [0.25, 0.3) is 0 Å². The Bertz CT molecular complexity index is 143. The van der Waals surface area contributed by atoms with Gasteiger partial charge in [0.05, 0.1) is 0 Å². The Balaban J connectivity index is 3.84. The molecule has 0 aliphatic heterocycles. The summed E-state index contributed by atoms with van der Waals surface area (Å²) in [7, 11) is 0. The van der Waals surface area contributed by atoms with E-state index in [-0.39, 0.29) is 0 Å². The van der Waals surface area contributed by atoms with Crippen LogP contribution in [0.15, 0.2) is 50.1 Å². The Morgan fingerprint density at radius 1 is 1.20 bits per heavy atom. The van der Waals surface area contributed by atoms with Crippen molar-refractivity contribution in [1.82, 2.24) is 0 Å². The standard InChI is InChI=1S/C10H14/c1-5-9(4)8-10(6-2)7-3/h5-7,10H,1-4,8H2. The second-order valence-electron chi connectivity index (χ2n) is 2.20. The van der Waals surface area contributed by atoms with Crippen LogP contribution < -0.4 is 0 Å². The first-order valence-electron chi connectivity index (χ1n) is 3.30. The lowest BCUT2D eigenvalue weighted by atomic mass is 10.0. The highest BCUT2D eigenvalue weighted by Gasteiger charge is 1.97. The monoisotopic (exact) mass is 134 g/mol. The molecule has 0 nitrogen and oxygen atoms in total. The number of rotatable bonds is 5. The smallest absolute Gasteiger partial charge is 0.00186 e. The van der Waals surface area contributed by atoms with E-state index in [0.717, 1.165) is 12.0 Å². The predicted octanol–water partition coefficient (Wildman–Crippen LogP) is 3.11. The second-order valence-corrected chi connectivity index (χ2v) is 2.20. The first-order valence-corrected chi connectivity index (χ1v) is 3.30. The molecule has 54 valence electrons. The average Bonchev–Trinajstić information content (AvgIpc) is 1.99. The number of hydrogen-bond donors (Lipinski definition) is 0. The Morgan fingerprint density at radius 2 is 1.70 bits per heavy atom. The van der Waals surface area contributed by atoms with Gasteiger partial charge in [0.25, 0.3) is 0 Å². The van der Waals surface area contributed by atoms with E-state index in [1.54, 1.807) is 6.08 Å². The minimum Gasteiger partial charge on any atom is -0.102 e. The third-order valence-electron chi connectivity index (χ3n) is 1.39. The van der Waals surface area contributed by atoms with Gasteiger partial charge >= 0.3 is 0 Å². The molecule has 0 aliphatic carbocycles. The molecule has 0 aromatic rings. The van der Waals surface area contributed by atoms with E-state index >= 15 is 0 Å². The summed E-state index contributed by atoms with van der Waals surface area (Å²) < 4.78 is 0. The van der Waals surface area contributed by atoms with Gasteiger partial charge in [-0.2, -0.15) is 0 Å². The van der Waals surface area contributed by atoms with E-state index in [9.17, 15) is 0 Å². The summed E-state index contributed by atoms with van der Waals surface area (Å²) in [6.45, 7) is 14.8. The summed E-state index contributed by atoms with van der Waals surface area (Å²) in [6, 6.07) is 0. The summed E-state index contributed by atoms with van der Waals surface area (Å²) in [5, 5.41) is 0. The zero-order valence-electron chi connectivity index (χ0n) is 6.34. The summed E-state index contributed by atoms with van der Waals surface area (Å²) in [6.07, 6.45) is 6.37. The van der Waals surface area contributed by atoms with Crippen molar-refractivity contribution < 1.29 is 0 Å². The molecule has 10 heavy (non-hydrogen) atoms. The molecule has 0 aromatic carbocycles. The van der Waals surface area contributed by atoms with Crippen LogP contribution in [0.5, 0.6) is 0 Å². The molecule has 0 heteroatoms. The SMILES string of the molecule is C=CC(=C)CC(C=C)C=C. The molecule has 0 saturated carbocycles. The lowest BCUT2D eigenvalue weighted by Crippen LogP contribution is -1.90. The van der Waals surface area contributed by atoms with Crippen LogP contribution in [0.1, 0.15) is 6.42 Å². The van der Waals surface area contributed by atoms with Crippen molar-refractivity contribution in [3.05, 3.63) is 50.1 Å². The zero-order valence-corrected chi connectivity index (χ0v) is 6.34. The maximum Gasteiger partial charge on any atom is -0.00186 e. The molecule has 0 amide bonds. The van der Waals surface area contributed by atoms with Gasteiger partial charge in [-0.3, -0.25) is 0 Å². The van der Waals surface area contributed by atoms with Crippen LogP contribution in [0.2, 0.25) is 0 Å². The van der Waals surface area contributed by atoms with Gasteiger partial charge in [0.1, 0.15) is 0 Å². The van der Waals surface area contributed by atoms with Crippen molar-refractivity contribution >= 4 is 0 Å². The molecule has 0 saturated heterocycles. The number of hydrogen-bond acceptors (Lipinski definition) is 0. The minimum absolute atomic E-state index is 0.338.